The summed E-state index contributed by atoms with van der Waals surface area (Å²) in [4.78, 5) is 12.4. The van der Waals surface area contributed by atoms with Crippen molar-refractivity contribution in [3.63, 3.8) is 0 Å². The third-order valence-electron chi connectivity index (χ3n) is 7.13. The van der Waals surface area contributed by atoms with Crippen LogP contribution in [0, 0.1) is 22.7 Å². The molecule has 0 aromatic carbocycles. The van der Waals surface area contributed by atoms with Gasteiger partial charge in [-0.3, -0.25) is 4.79 Å². The summed E-state index contributed by atoms with van der Waals surface area (Å²) in [5, 5.41) is 29.4. The molecule has 2 rings (SSSR count). The van der Waals surface area contributed by atoms with Crippen molar-refractivity contribution >= 4 is 5.78 Å². The van der Waals surface area contributed by atoms with Crippen molar-refractivity contribution in [2.24, 2.45) is 22.7 Å². The van der Waals surface area contributed by atoms with Gasteiger partial charge in [0.25, 0.3) is 0 Å². The number of aliphatic hydroxyl groups excluding tert-OH is 2. The molecule has 5 atom stereocenters. The number of carbonyl (C=O) groups is 1. The van der Waals surface area contributed by atoms with Gasteiger partial charge in [-0.1, -0.05) is 32.4 Å². The molecule has 24 heavy (non-hydrogen) atoms. The monoisotopic (exact) mass is 338 g/mol. The van der Waals surface area contributed by atoms with Crippen molar-refractivity contribution in [1.29, 1.82) is 0 Å². The lowest BCUT2D eigenvalue weighted by Crippen LogP contribution is -2.53. The van der Waals surface area contributed by atoms with Crippen LogP contribution in [0.3, 0.4) is 0 Å². The Kier molecular flexibility index (Phi) is 5.35. The van der Waals surface area contributed by atoms with Gasteiger partial charge in [0, 0.05) is 11.8 Å². The highest BCUT2D eigenvalue weighted by Crippen LogP contribution is 2.59. The Morgan fingerprint density at radius 2 is 2.00 bits per heavy atom. The molecule has 0 heterocycles. The van der Waals surface area contributed by atoms with Gasteiger partial charge in [0.05, 0.1) is 12.2 Å². The largest absolute Gasteiger partial charge is 0.394 e. The number of rotatable bonds is 5. The second kappa shape index (κ2) is 6.54. The molecule has 3 N–H and O–H groups in total. The summed E-state index contributed by atoms with van der Waals surface area (Å²) in [6.45, 7) is 9.75. The number of ketones is 1. The van der Waals surface area contributed by atoms with Gasteiger partial charge < -0.3 is 15.3 Å². The molecule has 1 fully saturated rings. The highest BCUT2D eigenvalue weighted by atomic mass is 16.4. The molecule has 0 aromatic rings. The van der Waals surface area contributed by atoms with Gasteiger partial charge in [-0.15, -0.1) is 0 Å². The molecule has 0 aromatic heterocycles. The Labute approximate surface area is 146 Å². The maximum Gasteiger partial charge on any atom is 0.138 e. The van der Waals surface area contributed by atoms with Crippen LogP contribution in [-0.2, 0) is 4.79 Å². The first-order valence-corrected chi connectivity index (χ1v) is 9.18. The summed E-state index contributed by atoms with van der Waals surface area (Å²) < 4.78 is 0. The van der Waals surface area contributed by atoms with Crippen molar-refractivity contribution in [1.82, 2.24) is 0 Å². The number of allylic oxidation sites excluding steroid dienone is 2. The molecular weight excluding hydrogens is 304 g/mol. The van der Waals surface area contributed by atoms with Crippen LogP contribution in [-0.4, -0.2) is 39.4 Å². The standard InChI is InChI=1S/C20H34O4/c1-13-6-7-15-18(2,3)16(22)9-10-19(15,4)14(13)8-11-20(5,24)17(23)12-21/h6,14-15,17,21,23-24H,7-12H2,1-5H3/t14-,15-,17+,19+,20+/m0/s1. The number of Topliss-reactive ketones (excluding diaryl/α,β-unsaturated/α-hetero) is 1. The van der Waals surface area contributed by atoms with Crippen LogP contribution in [0.1, 0.15) is 66.7 Å². The Balaban J connectivity index is 2.24. The first-order chi connectivity index (χ1) is 11.0. The van der Waals surface area contributed by atoms with Crippen LogP contribution in [0.2, 0.25) is 0 Å². The van der Waals surface area contributed by atoms with E-state index >= 15 is 0 Å². The van der Waals surface area contributed by atoms with Crippen molar-refractivity contribution < 1.29 is 20.1 Å². The van der Waals surface area contributed by atoms with E-state index in [-0.39, 0.29) is 10.8 Å². The van der Waals surface area contributed by atoms with Crippen molar-refractivity contribution in [2.45, 2.75) is 78.4 Å². The summed E-state index contributed by atoms with van der Waals surface area (Å²) in [7, 11) is 0. The van der Waals surface area contributed by atoms with Gasteiger partial charge in [-0.2, -0.15) is 0 Å². The average molecular weight is 338 g/mol. The van der Waals surface area contributed by atoms with Gasteiger partial charge in [0.1, 0.15) is 11.9 Å². The van der Waals surface area contributed by atoms with E-state index in [0.717, 1.165) is 19.3 Å². The minimum absolute atomic E-state index is 0.0382. The fraction of sp³-hybridized carbons (Fsp3) is 0.850. The lowest BCUT2D eigenvalue weighted by molar-refractivity contribution is -0.144. The molecule has 2 aliphatic carbocycles. The molecule has 1 saturated carbocycles. The molecule has 0 saturated heterocycles. The molecule has 0 spiro atoms. The number of fused-ring (bicyclic) bond motifs is 1. The van der Waals surface area contributed by atoms with Crippen LogP contribution < -0.4 is 0 Å². The predicted molar refractivity (Wildman–Crippen MR) is 94.4 cm³/mol. The van der Waals surface area contributed by atoms with Crippen LogP contribution in [0.25, 0.3) is 0 Å². The quantitative estimate of drug-likeness (QED) is 0.674. The first kappa shape index (κ1) is 19.6. The summed E-state index contributed by atoms with van der Waals surface area (Å²) in [5.74, 6) is 0.966. The van der Waals surface area contributed by atoms with E-state index in [2.05, 4.69) is 33.8 Å². The summed E-state index contributed by atoms with van der Waals surface area (Å²) >= 11 is 0. The van der Waals surface area contributed by atoms with Crippen LogP contribution in [0.4, 0.5) is 0 Å². The predicted octanol–water partition coefficient (Wildman–Crippen LogP) is 2.85. The maximum absolute atomic E-state index is 12.4. The van der Waals surface area contributed by atoms with E-state index in [0.29, 0.717) is 30.5 Å². The maximum atomic E-state index is 12.4. The second-order valence-electron chi connectivity index (χ2n) is 9.03. The van der Waals surface area contributed by atoms with E-state index < -0.39 is 18.3 Å². The second-order valence-corrected chi connectivity index (χ2v) is 9.03. The molecule has 4 heteroatoms. The molecule has 4 nitrogen and oxygen atoms in total. The number of hydrogen-bond acceptors (Lipinski definition) is 4. The Bertz CT molecular complexity index is 520. The van der Waals surface area contributed by atoms with Gasteiger partial charge in [0.15, 0.2) is 0 Å². The highest BCUT2D eigenvalue weighted by molar-refractivity contribution is 5.85. The Hall–Kier alpha value is -0.710. The summed E-state index contributed by atoms with van der Waals surface area (Å²) in [6, 6.07) is 0. The third kappa shape index (κ3) is 3.21. The number of hydrogen-bond donors (Lipinski definition) is 3. The van der Waals surface area contributed by atoms with E-state index in [1.165, 1.54) is 5.57 Å². The van der Waals surface area contributed by atoms with Crippen molar-refractivity contribution in [2.75, 3.05) is 6.61 Å². The molecular formula is C20H34O4. The normalized spacial score (nSPS) is 36.5. The molecule has 0 unspecified atom stereocenters. The lowest BCUT2D eigenvalue weighted by Gasteiger charge is -2.56. The van der Waals surface area contributed by atoms with E-state index in [1.807, 2.05) is 0 Å². The molecule has 0 aliphatic heterocycles. The third-order valence-corrected chi connectivity index (χ3v) is 7.13. The zero-order valence-electron chi connectivity index (χ0n) is 15.8. The van der Waals surface area contributed by atoms with Gasteiger partial charge >= 0.3 is 0 Å². The summed E-state index contributed by atoms with van der Waals surface area (Å²) in [6.07, 6.45) is 4.77. The van der Waals surface area contributed by atoms with Crippen molar-refractivity contribution in [3.8, 4) is 0 Å². The van der Waals surface area contributed by atoms with E-state index in [4.69, 9.17) is 5.11 Å². The van der Waals surface area contributed by atoms with Gasteiger partial charge in [-0.05, 0) is 56.8 Å². The fourth-order valence-electron chi connectivity index (χ4n) is 5.20. The van der Waals surface area contributed by atoms with Crippen LogP contribution >= 0.6 is 0 Å². The SMILES string of the molecule is CC1=CC[C@H]2C(C)(C)C(=O)CC[C@]2(C)[C@H]1CC[C@@](C)(O)[C@H](O)CO. The first-order valence-electron chi connectivity index (χ1n) is 9.18. The van der Waals surface area contributed by atoms with Gasteiger partial charge in [-0.25, -0.2) is 0 Å². The van der Waals surface area contributed by atoms with Crippen LogP contribution in [0.5, 0.6) is 0 Å². The molecule has 138 valence electrons. The lowest BCUT2D eigenvalue weighted by atomic mass is 9.47. The minimum atomic E-state index is -1.29. The molecule has 0 radical (unpaired) electrons. The average Bonchev–Trinajstić information content (AvgIpc) is 2.49. The fourth-order valence-corrected chi connectivity index (χ4v) is 5.20. The zero-order valence-corrected chi connectivity index (χ0v) is 15.8. The Morgan fingerprint density at radius 3 is 2.58 bits per heavy atom. The number of aliphatic hydroxyl groups is 3. The van der Waals surface area contributed by atoms with Crippen molar-refractivity contribution in [3.05, 3.63) is 11.6 Å². The topological polar surface area (TPSA) is 77.8 Å². The zero-order chi connectivity index (χ0) is 18.3. The van der Waals surface area contributed by atoms with Crippen LogP contribution in [0.15, 0.2) is 11.6 Å². The molecule has 0 bridgehead atoms. The smallest absolute Gasteiger partial charge is 0.138 e. The minimum Gasteiger partial charge on any atom is -0.394 e. The highest BCUT2D eigenvalue weighted by Gasteiger charge is 2.55. The molecule has 0 amide bonds. The molecule has 2 aliphatic rings. The van der Waals surface area contributed by atoms with E-state index in [9.17, 15) is 15.0 Å². The summed E-state index contributed by atoms with van der Waals surface area (Å²) in [5.41, 5.74) is -0.238. The van der Waals surface area contributed by atoms with E-state index in [1.54, 1.807) is 6.92 Å². The number of carbonyl (C=O) groups excluding carboxylic acids is 1. The Morgan fingerprint density at radius 1 is 1.38 bits per heavy atom. The van der Waals surface area contributed by atoms with Gasteiger partial charge in [0.2, 0.25) is 0 Å².